The predicted molar refractivity (Wildman–Crippen MR) is 109 cm³/mol. The van der Waals surface area contributed by atoms with Gasteiger partial charge in [-0.15, -0.1) is 0 Å². The Labute approximate surface area is 163 Å². The van der Waals surface area contributed by atoms with E-state index in [-0.39, 0.29) is 5.41 Å². The third-order valence-corrected chi connectivity index (χ3v) is 5.43. The molecule has 2 aromatic carbocycles. The molecule has 0 spiro atoms. The second-order valence-electron chi connectivity index (χ2n) is 7.65. The first-order chi connectivity index (χ1) is 12.8. The van der Waals surface area contributed by atoms with Crippen LogP contribution in [0, 0.1) is 11.3 Å². The smallest absolute Gasteiger partial charge is 0.160 e. The van der Waals surface area contributed by atoms with E-state index in [1.807, 2.05) is 12.1 Å². The maximum atomic E-state index is 5.44. The molecule has 4 nitrogen and oxygen atoms in total. The van der Waals surface area contributed by atoms with Crippen molar-refractivity contribution in [3.05, 3.63) is 47.5 Å². The van der Waals surface area contributed by atoms with Crippen molar-refractivity contribution in [2.45, 2.75) is 33.6 Å². The molecule has 148 valence electrons. The summed E-state index contributed by atoms with van der Waals surface area (Å²) in [6.07, 6.45) is 1.93. The second-order valence-corrected chi connectivity index (χ2v) is 7.65. The van der Waals surface area contributed by atoms with Crippen LogP contribution in [0.25, 0.3) is 0 Å². The van der Waals surface area contributed by atoms with Crippen LogP contribution in [0.2, 0.25) is 0 Å². The molecule has 0 aliphatic heterocycles. The zero-order chi connectivity index (χ0) is 20.0. The molecular formula is C23H32O4. The van der Waals surface area contributed by atoms with Crippen LogP contribution in [0.4, 0.5) is 0 Å². The van der Waals surface area contributed by atoms with E-state index in [0.717, 1.165) is 35.8 Å². The van der Waals surface area contributed by atoms with Crippen LogP contribution >= 0.6 is 0 Å². The van der Waals surface area contributed by atoms with E-state index in [9.17, 15) is 0 Å². The molecule has 1 atom stereocenters. The lowest BCUT2D eigenvalue weighted by atomic mass is 9.73. The highest BCUT2D eigenvalue weighted by molar-refractivity contribution is 5.44. The molecule has 0 aliphatic carbocycles. The Kier molecular flexibility index (Phi) is 7.00. The van der Waals surface area contributed by atoms with Gasteiger partial charge in [0.2, 0.25) is 0 Å². The van der Waals surface area contributed by atoms with Crippen LogP contribution in [0.15, 0.2) is 36.4 Å². The van der Waals surface area contributed by atoms with Crippen molar-refractivity contribution in [2.75, 3.05) is 28.4 Å². The molecule has 0 unspecified atom stereocenters. The number of rotatable bonds is 9. The molecule has 0 radical (unpaired) electrons. The molecule has 2 rings (SSSR count). The van der Waals surface area contributed by atoms with Gasteiger partial charge in [0.25, 0.3) is 0 Å². The zero-order valence-electron chi connectivity index (χ0n) is 17.6. The summed E-state index contributed by atoms with van der Waals surface area (Å²) in [6.45, 7) is 6.93. The first kappa shape index (κ1) is 20.9. The monoisotopic (exact) mass is 372 g/mol. The largest absolute Gasteiger partial charge is 0.493 e. The molecule has 0 saturated heterocycles. The lowest BCUT2D eigenvalue weighted by molar-refractivity contribution is 0.227. The first-order valence-corrected chi connectivity index (χ1v) is 9.26. The van der Waals surface area contributed by atoms with Crippen molar-refractivity contribution in [2.24, 2.45) is 11.3 Å². The van der Waals surface area contributed by atoms with Gasteiger partial charge in [-0.1, -0.05) is 32.9 Å². The number of hydrogen-bond donors (Lipinski definition) is 0. The van der Waals surface area contributed by atoms with E-state index < -0.39 is 0 Å². The quantitative estimate of drug-likeness (QED) is 0.609. The highest BCUT2D eigenvalue weighted by Crippen LogP contribution is 2.37. The van der Waals surface area contributed by atoms with E-state index >= 15 is 0 Å². The fourth-order valence-electron chi connectivity index (χ4n) is 3.33. The highest BCUT2D eigenvalue weighted by atomic mass is 16.5. The van der Waals surface area contributed by atoms with Crippen molar-refractivity contribution in [1.29, 1.82) is 0 Å². The van der Waals surface area contributed by atoms with Gasteiger partial charge in [-0.25, -0.2) is 0 Å². The predicted octanol–water partition coefficient (Wildman–Crippen LogP) is 5.17. The molecule has 0 aliphatic rings. The van der Waals surface area contributed by atoms with Gasteiger partial charge in [-0.05, 0) is 59.6 Å². The Morgan fingerprint density at radius 3 is 1.63 bits per heavy atom. The molecule has 2 aromatic rings. The van der Waals surface area contributed by atoms with Gasteiger partial charge < -0.3 is 18.9 Å². The Bertz CT molecular complexity index is 752. The summed E-state index contributed by atoms with van der Waals surface area (Å²) in [4.78, 5) is 0. The molecule has 4 heteroatoms. The average Bonchev–Trinajstić information content (AvgIpc) is 2.67. The Hall–Kier alpha value is -2.36. The fraction of sp³-hybridized carbons (Fsp3) is 0.478. The number of ether oxygens (including phenoxy) is 4. The minimum absolute atomic E-state index is 0.118. The van der Waals surface area contributed by atoms with Gasteiger partial charge in [0.05, 0.1) is 28.4 Å². The third-order valence-electron chi connectivity index (χ3n) is 5.43. The molecule has 0 fully saturated rings. The van der Waals surface area contributed by atoms with Crippen molar-refractivity contribution in [3.8, 4) is 23.0 Å². The Balaban J connectivity index is 2.14. The topological polar surface area (TPSA) is 36.9 Å². The van der Waals surface area contributed by atoms with Gasteiger partial charge in [-0.2, -0.15) is 0 Å². The van der Waals surface area contributed by atoms with Crippen LogP contribution in [0.1, 0.15) is 31.9 Å². The molecule has 0 bridgehead atoms. The van der Waals surface area contributed by atoms with Gasteiger partial charge in [0.1, 0.15) is 0 Å². The summed E-state index contributed by atoms with van der Waals surface area (Å²) in [5, 5.41) is 0. The molecule has 27 heavy (non-hydrogen) atoms. The van der Waals surface area contributed by atoms with Gasteiger partial charge >= 0.3 is 0 Å². The van der Waals surface area contributed by atoms with E-state index in [1.54, 1.807) is 28.4 Å². The lowest BCUT2D eigenvalue weighted by Crippen LogP contribution is -2.26. The maximum Gasteiger partial charge on any atom is 0.160 e. The van der Waals surface area contributed by atoms with Crippen molar-refractivity contribution >= 4 is 0 Å². The molecule has 0 N–H and O–H groups in total. The van der Waals surface area contributed by atoms with Gasteiger partial charge in [0.15, 0.2) is 23.0 Å². The first-order valence-electron chi connectivity index (χ1n) is 9.26. The maximum absolute atomic E-state index is 5.44. The number of benzene rings is 2. The normalized spacial score (nSPS) is 12.4. The summed E-state index contributed by atoms with van der Waals surface area (Å²) in [5.74, 6) is 3.55. The van der Waals surface area contributed by atoms with E-state index in [2.05, 4.69) is 45.0 Å². The van der Waals surface area contributed by atoms with Crippen molar-refractivity contribution < 1.29 is 18.9 Å². The second kappa shape index (κ2) is 9.03. The van der Waals surface area contributed by atoms with Crippen LogP contribution in [0.3, 0.4) is 0 Å². The van der Waals surface area contributed by atoms with E-state index in [0.29, 0.717) is 5.92 Å². The van der Waals surface area contributed by atoms with Crippen LogP contribution in [-0.2, 0) is 12.8 Å². The average molecular weight is 373 g/mol. The number of hydrogen-bond acceptors (Lipinski definition) is 4. The SMILES string of the molecule is COc1ccc(C[C@@H](C)C(C)(C)Cc2ccc(OC)c(OC)c2)cc1OC. The van der Waals surface area contributed by atoms with E-state index in [1.165, 1.54) is 11.1 Å². The van der Waals surface area contributed by atoms with Crippen LogP contribution in [0.5, 0.6) is 23.0 Å². The van der Waals surface area contributed by atoms with Crippen LogP contribution in [-0.4, -0.2) is 28.4 Å². The highest BCUT2D eigenvalue weighted by Gasteiger charge is 2.27. The van der Waals surface area contributed by atoms with Crippen molar-refractivity contribution in [3.63, 3.8) is 0 Å². The number of methoxy groups -OCH3 is 4. The van der Waals surface area contributed by atoms with Gasteiger partial charge in [0, 0.05) is 0 Å². The molecule has 0 heterocycles. The summed E-state index contributed by atoms with van der Waals surface area (Å²) < 4.78 is 21.6. The Morgan fingerprint density at radius 1 is 0.704 bits per heavy atom. The fourth-order valence-corrected chi connectivity index (χ4v) is 3.33. The third kappa shape index (κ3) is 5.09. The minimum atomic E-state index is 0.118. The molecular weight excluding hydrogens is 340 g/mol. The summed E-state index contributed by atoms with van der Waals surface area (Å²) in [7, 11) is 6.66. The molecule has 0 aromatic heterocycles. The molecule has 0 amide bonds. The summed E-state index contributed by atoms with van der Waals surface area (Å²) in [5.41, 5.74) is 2.62. The zero-order valence-corrected chi connectivity index (χ0v) is 17.6. The standard InChI is InChI=1S/C23H32O4/c1-16(12-17-8-10-19(24-4)21(13-17)26-6)23(2,3)15-18-9-11-20(25-5)22(14-18)27-7/h8-11,13-14,16H,12,15H2,1-7H3/t16-/m1/s1. The van der Waals surface area contributed by atoms with E-state index in [4.69, 9.17) is 18.9 Å². The minimum Gasteiger partial charge on any atom is -0.493 e. The molecule has 0 saturated carbocycles. The van der Waals surface area contributed by atoms with Crippen molar-refractivity contribution in [1.82, 2.24) is 0 Å². The summed E-state index contributed by atoms with van der Waals surface area (Å²) in [6, 6.07) is 12.3. The lowest BCUT2D eigenvalue weighted by Gasteiger charge is -2.32. The Morgan fingerprint density at radius 2 is 1.15 bits per heavy atom. The van der Waals surface area contributed by atoms with Gasteiger partial charge in [-0.3, -0.25) is 0 Å². The van der Waals surface area contributed by atoms with Crippen LogP contribution < -0.4 is 18.9 Å². The summed E-state index contributed by atoms with van der Waals surface area (Å²) >= 11 is 0.